The summed E-state index contributed by atoms with van der Waals surface area (Å²) in [5.41, 5.74) is 8.05. The highest BCUT2D eigenvalue weighted by Crippen LogP contribution is 2.35. The number of thiocarbonyl (C=S) groups is 1. The molecule has 0 spiro atoms. The molecule has 20 heavy (non-hydrogen) atoms. The van der Waals surface area contributed by atoms with Crippen molar-refractivity contribution in [3.05, 3.63) is 47.0 Å². The standard InChI is InChI=1S/C14H11ClN2O2S/c15-8-1-3-10(14(16)20)11(5-8)17-9-2-4-12-13(6-9)19-7-18-12/h1-6,17H,7H2,(H2,16,20). The Labute approximate surface area is 126 Å². The molecule has 3 rings (SSSR count). The first-order valence-corrected chi connectivity index (χ1v) is 6.68. The molecular formula is C14H11ClN2O2S. The molecule has 0 atom stereocenters. The summed E-state index contributed by atoms with van der Waals surface area (Å²) >= 11 is 11.1. The van der Waals surface area contributed by atoms with Crippen molar-refractivity contribution in [2.45, 2.75) is 0 Å². The first-order chi connectivity index (χ1) is 9.63. The molecule has 2 aromatic rings. The molecule has 0 fully saturated rings. The Bertz CT molecular complexity index is 691. The zero-order chi connectivity index (χ0) is 14.1. The molecule has 6 heteroatoms. The van der Waals surface area contributed by atoms with Gasteiger partial charge in [0.25, 0.3) is 0 Å². The van der Waals surface area contributed by atoms with Gasteiger partial charge in [0.15, 0.2) is 11.5 Å². The van der Waals surface area contributed by atoms with E-state index >= 15 is 0 Å². The van der Waals surface area contributed by atoms with Gasteiger partial charge < -0.3 is 20.5 Å². The lowest BCUT2D eigenvalue weighted by Gasteiger charge is -2.12. The SMILES string of the molecule is NC(=S)c1ccc(Cl)cc1Nc1ccc2c(c1)OCO2. The molecule has 0 bridgehead atoms. The van der Waals surface area contributed by atoms with Crippen LogP contribution >= 0.6 is 23.8 Å². The average molecular weight is 307 g/mol. The number of fused-ring (bicyclic) bond motifs is 1. The molecule has 0 aliphatic carbocycles. The van der Waals surface area contributed by atoms with Crippen LogP contribution in [0.5, 0.6) is 11.5 Å². The lowest BCUT2D eigenvalue weighted by atomic mass is 10.1. The predicted octanol–water partition coefficient (Wildman–Crippen LogP) is 3.45. The molecule has 2 aromatic carbocycles. The molecule has 0 saturated heterocycles. The van der Waals surface area contributed by atoms with Gasteiger partial charge in [-0.3, -0.25) is 0 Å². The molecule has 3 N–H and O–H groups in total. The van der Waals surface area contributed by atoms with E-state index < -0.39 is 0 Å². The highest BCUT2D eigenvalue weighted by atomic mass is 35.5. The number of nitrogens with one attached hydrogen (secondary N) is 1. The van der Waals surface area contributed by atoms with E-state index in [9.17, 15) is 0 Å². The summed E-state index contributed by atoms with van der Waals surface area (Å²) < 4.78 is 10.6. The van der Waals surface area contributed by atoms with Crippen molar-refractivity contribution >= 4 is 40.2 Å². The van der Waals surface area contributed by atoms with E-state index in [-0.39, 0.29) is 6.79 Å². The zero-order valence-corrected chi connectivity index (χ0v) is 11.9. The summed E-state index contributed by atoms with van der Waals surface area (Å²) in [7, 11) is 0. The molecule has 1 heterocycles. The fourth-order valence-corrected chi connectivity index (χ4v) is 2.31. The Morgan fingerprint density at radius 1 is 1.15 bits per heavy atom. The van der Waals surface area contributed by atoms with Crippen molar-refractivity contribution in [1.29, 1.82) is 0 Å². The molecule has 0 aromatic heterocycles. The lowest BCUT2D eigenvalue weighted by molar-refractivity contribution is 0.174. The maximum atomic E-state index is 6.01. The second-order valence-electron chi connectivity index (χ2n) is 4.25. The number of halogens is 1. The second-order valence-corrected chi connectivity index (χ2v) is 5.12. The van der Waals surface area contributed by atoms with Crippen LogP contribution in [0.25, 0.3) is 0 Å². The van der Waals surface area contributed by atoms with E-state index in [1.165, 1.54) is 0 Å². The van der Waals surface area contributed by atoms with Gasteiger partial charge in [-0.1, -0.05) is 23.8 Å². The fourth-order valence-electron chi connectivity index (χ4n) is 1.96. The summed E-state index contributed by atoms with van der Waals surface area (Å²) in [6.07, 6.45) is 0. The number of nitrogens with two attached hydrogens (primary N) is 1. The third-order valence-electron chi connectivity index (χ3n) is 2.90. The van der Waals surface area contributed by atoms with Crippen molar-refractivity contribution in [2.24, 2.45) is 5.73 Å². The number of benzene rings is 2. The van der Waals surface area contributed by atoms with E-state index in [2.05, 4.69) is 5.32 Å². The minimum absolute atomic E-state index is 0.244. The van der Waals surface area contributed by atoms with Crippen LogP contribution in [0, 0.1) is 0 Å². The van der Waals surface area contributed by atoms with Crippen LogP contribution in [0.1, 0.15) is 5.56 Å². The van der Waals surface area contributed by atoms with Gasteiger partial charge in [-0.2, -0.15) is 0 Å². The van der Waals surface area contributed by atoms with Gasteiger partial charge >= 0.3 is 0 Å². The van der Waals surface area contributed by atoms with Gasteiger partial charge in [0, 0.05) is 22.3 Å². The summed E-state index contributed by atoms with van der Waals surface area (Å²) in [5, 5.41) is 3.84. The van der Waals surface area contributed by atoms with E-state index in [1.54, 1.807) is 18.2 Å². The van der Waals surface area contributed by atoms with Crippen molar-refractivity contribution in [3.63, 3.8) is 0 Å². The van der Waals surface area contributed by atoms with Crippen molar-refractivity contribution in [2.75, 3.05) is 12.1 Å². The van der Waals surface area contributed by atoms with Crippen LogP contribution in [-0.4, -0.2) is 11.8 Å². The highest BCUT2D eigenvalue weighted by Gasteiger charge is 2.14. The van der Waals surface area contributed by atoms with Crippen LogP contribution in [0.2, 0.25) is 5.02 Å². The summed E-state index contributed by atoms with van der Waals surface area (Å²) in [5.74, 6) is 1.44. The maximum absolute atomic E-state index is 6.01. The Morgan fingerprint density at radius 3 is 2.75 bits per heavy atom. The van der Waals surface area contributed by atoms with E-state index in [1.807, 2.05) is 18.2 Å². The number of hydrogen-bond donors (Lipinski definition) is 2. The molecule has 0 amide bonds. The lowest BCUT2D eigenvalue weighted by Crippen LogP contribution is -2.11. The minimum Gasteiger partial charge on any atom is -0.454 e. The third kappa shape index (κ3) is 2.50. The van der Waals surface area contributed by atoms with Gasteiger partial charge in [0.05, 0.1) is 5.69 Å². The first kappa shape index (κ1) is 13.0. The monoisotopic (exact) mass is 306 g/mol. The Hall–Kier alpha value is -1.98. The molecule has 1 aliphatic rings. The Morgan fingerprint density at radius 2 is 1.95 bits per heavy atom. The fraction of sp³-hybridized carbons (Fsp3) is 0.0714. The molecule has 0 unspecified atom stereocenters. The van der Waals surface area contributed by atoms with Crippen molar-refractivity contribution < 1.29 is 9.47 Å². The summed E-state index contributed by atoms with van der Waals surface area (Å²) in [6.45, 7) is 0.244. The number of hydrogen-bond acceptors (Lipinski definition) is 4. The van der Waals surface area contributed by atoms with Gasteiger partial charge in [0.1, 0.15) is 4.99 Å². The summed E-state index contributed by atoms with van der Waals surface area (Å²) in [6, 6.07) is 10.9. The van der Waals surface area contributed by atoms with Crippen LogP contribution in [0.3, 0.4) is 0 Å². The Kier molecular flexibility index (Phi) is 3.38. The van der Waals surface area contributed by atoms with Crippen LogP contribution in [0.4, 0.5) is 11.4 Å². The smallest absolute Gasteiger partial charge is 0.231 e. The van der Waals surface area contributed by atoms with Gasteiger partial charge in [-0.05, 0) is 30.3 Å². The normalized spacial score (nSPS) is 12.2. The molecule has 0 radical (unpaired) electrons. The zero-order valence-electron chi connectivity index (χ0n) is 10.4. The number of ether oxygens (including phenoxy) is 2. The van der Waals surface area contributed by atoms with Gasteiger partial charge in [-0.15, -0.1) is 0 Å². The predicted molar refractivity (Wildman–Crippen MR) is 83.2 cm³/mol. The Balaban J connectivity index is 1.95. The highest BCUT2D eigenvalue weighted by molar-refractivity contribution is 7.80. The van der Waals surface area contributed by atoms with E-state index in [0.717, 1.165) is 22.7 Å². The van der Waals surface area contributed by atoms with Crippen molar-refractivity contribution in [1.82, 2.24) is 0 Å². The van der Waals surface area contributed by atoms with E-state index in [4.69, 9.17) is 39.0 Å². The van der Waals surface area contributed by atoms with Crippen LogP contribution < -0.4 is 20.5 Å². The van der Waals surface area contributed by atoms with Crippen LogP contribution in [-0.2, 0) is 0 Å². The first-order valence-electron chi connectivity index (χ1n) is 5.89. The molecule has 4 nitrogen and oxygen atoms in total. The van der Waals surface area contributed by atoms with Crippen LogP contribution in [0.15, 0.2) is 36.4 Å². The third-order valence-corrected chi connectivity index (χ3v) is 3.35. The van der Waals surface area contributed by atoms with Gasteiger partial charge in [0.2, 0.25) is 6.79 Å². The molecular weight excluding hydrogens is 296 g/mol. The average Bonchev–Trinajstić information content (AvgIpc) is 2.85. The molecule has 0 saturated carbocycles. The quantitative estimate of drug-likeness (QED) is 0.851. The van der Waals surface area contributed by atoms with E-state index in [0.29, 0.717) is 15.8 Å². The maximum Gasteiger partial charge on any atom is 0.231 e. The largest absolute Gasteiger partial charge is 0.454 e. The number of anilines is 2. The molecule has 102 valence electrons. The molecule has 1 aliphatic heterocycles. The topological polar surface area (TPSA) is 56.5 Å². The number of rotatable bonds is 3. The summed E-state index contributed by atoms with van der Waals surface area (Å²) in [4.78, 5) is 0.310. The minimum atomic E-state index is 0.244. The van der Waals surface area contributed by atoms with Gasteiger partial charge in [-0.25, -0.2) is 0 Å². The second kappa shape index (κ2) is 5.19. The van der Waals surface area contributed by atoms with Crippen molar-refractivity contribution in [3.8, 4) is 11.5 Å².